The number of β-amino-alcohol motifs (C(OH)–C–C–N with tert-alkyl or cyclic N) is 1. The summed E-state index contributed by atoms with van der Waals surface area (Å²) >= 11 is 0. The molecule has 24 heavy (non-hydrogen) atoms. The Bertz CT molecular complexity index is 730. The van der Waals surface area contributed by atoms with E-state index in [0.717, 1.165) is 12.8 Å². The van der Waals surface area contributed by atoms with Gasteiger partial charge in [0.05, 0.1) is 6.10 Å². The van der Waals surface area contributed by atoms with Crippen molar-refractivity contribution in [1.82, 2.24) is 4.90 Å². The van der Waals surface area contributed by atoms with Gasteiger partial charge < -0.3 is 15.3 Å². The fourth-order valence-corrected chi connectivity index (χ4v) is 2.84. The summed E-state index contributed by atoms with van der Waals surface area (Å²) < 4.78 is 0. The van der Waals surface area contributed by atoms with Gasteiger partial charge in [-0.2, -0.15) is 0 Å². The van der Waals surface area contributed by atoms with E-state index >= 15 is 0 Å². The summed E-state index contributed by atoms with van der Waals surface area (Å²) in [5, 5.41) is 12.5. The van der Waals surface area contributed by atoms with Gasteiger partial charge in [0.15, 0.2) is 0 Å². The van der Waals surface area contributed by atoms with E-state index in [2.05, 4.69) is 5.32 Å². The highest BCUT2D eigenvalue weighted by Crippen LogP contribution is 2.17. The molecule has 0 aromatic heterocycles. The number of likely N-dealkylation sites (tertiary alicyclic amines) is 1. The SMILES string of the molecule is O=C(Nc1cccc(C(=O)N2CCCC(O)C2)c1)c1ccccc1. The summed E-state index contributed by atoms with van der Waals surface area (Å²) in [4.78, 5) is 26.4. The minimum Gasteiger partial charge on any atom is -0.391 e. The zero-order chi connectivity index (χ0) is 16.9. The van der Waals surface area contributed by atoms with Crippen LogP contribution in [0.3, 0.4) is 0 Å². The molecular weight excluding hydrogens is 304 g/mol. The number of rotatable bonds is 3. The third-order valence-corrected chi connectivity index (χ3v) is 4.09. The Morgan fingerprint density at radius 1 is 1.04 bits per heavy atom. The third kappa shape index (κ3) is 3.81. The number of carbonyl (C=O) groups is 2. The van der Waals surface area contributed by atoms with Gasteiger partial charge in [-0.15, -0.1) is 0 Å². The lowest BCUT2D eigenvalue weighted by Crippen LogP contribution is -2.42. The highest BCUT2D eigenvalue weighted by Gasteiger charge is 2.23. The van der Waals surface area contributed by atoms with Gasteiger partial charge in [0, 0.05) is 29.9 Å². The van der Waals surface area contributed by atoms with Crippen LogP contribution in [0.5, 0.6) is 0 Å². The highest BCUT2D eigenvalue weighted by molar-refractivity contribution is 6.05. The fourth-order valence-electron chi connectivity index (χ4n) is 2.84. The summed E-state index contributed by atoms with van der Waals surface area (Å²) in [6.45, 7) is 1.01. The van der Waals surface area contributed by atoms with Gasteiger partial charge in [-0.3, -0.25) is 9.59 Å². The summed E-state index contributed by atoms with van der Waals surface area (Å²) in [6, 6.07) is 15.8. The normalized spacial score (nSPS) is 17.4. The Morgan fingerprint density at radius 3 is 2.54 bits per heavy atom. The maximum Gasteiger partial charge on any atom is 0.255 e. The van der Waals surface area contributed by atoms with Crippen molar-refractivity contribution < 1.29 is 14.7 Å². The Labute approximate surface area is 140 Å². The first-order valence-electron chi connectivity index (χ1n) is 8.07. The highest BCUT2D eigenvalue weighted by atomic mass is 16.3. The van der Waals surface area contributed by atoms with E-state index in [1.54, 1.807) is 53.4 Å². The lowest BCUT2D eigenvalue weighted by atomic mass is 10.1. The topological polar surface area (TPSA) is 69.6 Å². The number of amides is 2. The second-order valence-corrected chi connectivity index (χ2v) is 5.95. The molecule has 2 amide bonds. The van der Waals surface area contributed by atoms with Crippen LogP contribution in [0.25, 0.3) is 0 Å². The molecule has 1 heterocycles. The molecule has 0 radical (unpaired) electrons. The van der Waals surface area contributed by atoms with Gasteiger partial charge in [0.1, 0.15) is 0 Å². The Balaban J connectivity index is 1.72. The van der Waals surface area contributed by atoms with E-state index in [1.165, 1.54) is 0 Å². The van der Waals surface area contributed by atoms with Crippen molar-refractivity contribution in [3.8, 4) is 0 Å². The molecule has 3 rings (SSSR count). The number of nitrogens with zero attached hydrogens (tertiary/aromatic N) is 1. The van der Waals surface area contributed by atoms with Crippen molar-refractivity contribution in [2.24, 2.45) is 0 Å². The van der Waals surface area contributed by atoms with Crippen molar-refractivity contribution >= 4 is 17.5 Å². The second kappa shape index (κ2) is 7.27. The molecule has 2 N–H and O–H groups in total. The van der Waals surface area contributed by atoms with Crippen LogP contribution in [0.1, 0.15) is 33.6 Å². The molecule has 5 heteroatoms. The summed E-state index contributed by atoms with van der Waals surface area (Å²) in [5.74, 6) is -0.335. The number of carbonyl (C=O) groups excluding carboxylic acids is 2. The zero-order valence-electron chi connectivity index (χ0n) is 13.3. The van der Waals surface area contributed by atoms with E-state index in [9.17, 15) is 14.7 Å². The first-order valence-corrected chi connectivity index (χ1v) is 8.07. The van der Waals surface area contributed by atoms with Crippen LogP contribution in [0.4, 0.5) is 5.69 Å². The standard InChI is InChI=1S/C19H20N2O3/c22-17-10-5-11-21(13-17)19(24)15-8-4-9-16(12-15)20-18(23)14-6-2-1-3-7-14/h1-4,6-9,12,17,22H,5,10-11,13H2,(H,20,23). The Morgan fingerprint density at radius 2 is 1.79 bits per heavy atom. The maximum atomic E-state index is 12.6. The summed E-state index contributed by atoms with van der Waals surface area (Å²) in [5.41, 5.74) is 1.65. The van der Waals surface area contributed by atoms with E-state index in [4.69, 9.17) is 0 Å². The Kier molecular flexibility index (Phi) is 4.91. The fraction of sp³-hybridized carbons (Fsp3) is 0.263. The van der Waals surface area contributed by atoms with Crippen LogP contribution < -0.4 is 5.32 Å². The zero-order valence-corrected chi connectivity index (χ0v) is 13.3. The third-order valence-electron chi connectivity index (χ3n) is 4.09. The van der Waals surface area contributed by atoms with Gasteiger partial charge in [0.25, 0.3) is 11.8 Å². The molecule has 1 saturated heterocycles. The summed E-state index contributed by atoms with van der Waals surface area (Å²) in [7, 11) is 0. The van der Waals surface area contributed by atoms with E-state index < -0.39 is 6.10 Å². The van der Waals surface area contributed by atoms with Crippen molar-refractivity contribution in [3.05, 3.63) is 65.7 Å². The molecule has 1 aliphatic heterocycles. The minimum atomic E-state index is -0.455. The van der Waals surface area contributed by atoms with E-state index in [-0.39, 0.29) is 11.8 Å². The van der Waals surface area contributed by atoms with Gasteiger partial charge in [-0.05, 0) is 43.2 Å². The van der Waals surface area contributed by atoms with Gasteiger partial charge in [-0.1, -0.05) is 24.3 Å². The van der Waals surface area contributed by atoms with Crippen molar-refractivity contribution in [2.45, 2.75) is 18.9 Å². The molecule has 5 nitrogen and oxygen atoms in total. The van der Waals surface area contributed by atoms with Gasteiger partial charge >= 0.3 is 0 Å². The van der Waals surface area contributed by atoms with Crippen molar-refractivity contribution in [3.63, 3.8) is 0 Å². The predicted octanol–water partition coefficient (Wildman–Crippen LogP) is 2.54. The van der Waals surface area contributed by atoms with Gasteiger partial charge in [-0.25, -0.2) is 0 Å². The van der Waals surface area contributed by atoms with Crippen LogP contribution in [0.15, 0.2) is 54.6 Å². The van der Waals surface area contributed by atoms with Crippen LogP contribution in [0, 0.1) is 0 Å². The number of nitrogens with one attached hydrogen (secondary N) is 1. The molecule has 1 atom stereocenters. The maximum absolute atomic E-state index is 12.6. The van der Waals surface area contributed by atoms with Crippen molar-refractivity contribution in [2.75, 3.05) is 18.4 Å². The molecule has 1 aliphatic rings. The van der Waals surface area contributed by atoms with E-state index in [0.29, 0.717) is 29.9 Å². The number of hydrogen-bond donors (Lipinski definition) is 2. The number of anilines is 1. The summed E-state index contributed by atoms with van der Waals surface area (Å²) in [6.07, 6.45) is 1.08. The quantitative estimate of drug-likeness (QED) is 0.911. The number of benzene rings is 2. The largest absolute Gasteiger partial charge is 0.391 e. The van der Waals surface area contributed by atoms with Crippen LogP contribution in [-0.4, -0.2) is 41.0 Å². The van der Waals surface area contributed by atoms with Crippen molar-refractivity contribution in [1.29, 1.82) is 0 Å². The predicted molar refractivity (Wildman–Crippen MR) is 92.0 cm³/mol. The molecule has 1 fully saturated rings. The monoisotopic (exact) mass is 324 g/mol. The number of aliphatic hydroxyl groups is 1. The Hall–Kier alpha value is -2.66. The number of aliphatic hydroxyl groups excluding tert-OH is 1. The van der Waals surface area contributed by atoms with Crippen LogP contribution in [0.2, 0.25) is 0 Å². The first kappa shape index (κ1) is 16.2. The number of piperidine rings is 1. The second-order valence-electron chi connectivity index (χ2n) is 5.95. The average molecular weight is 324 g/mol. The molecule has 2 aromatic rings. The smallest absolute Gasteiger partial charge is 0.255 e. The average Bonchev–Trinajstić information content (AvgIpc) is 2.62. The molecule has 2 aromatic carbocycles. The molecule has 0 aliphatic carbocycles. The molecule has 0 spiro atoms. The number of hydrogen-bond acceptors (Lipinski definition) is 3. The van der Waals surface area contributed by atoms with E-state index in [1.807, 2.05) is 6.07 Å². The lowest BCUT2D eigenvalue weighted by molar-refractivity contribution is 0.0474. The van der Waals surface area contributed by atoms with Crippen LogP contribution in [-0.2, 0) is 0 Å². The van der Waals surface area contributed by atoms with Crippen LogP contribution >= 0.6 is 0 Å². The molecule has 124 valence electrons. The molecule has 0 saturated carbocycles. The molecule has 0 bridgehead atoms. The van der Waals surface area contributed by atoms with Gasteiger partial charge in [0.2, 0.25) is 0 Å². The molecular formula is C19H20N2O3. The molecule has 1 unspecified atom stereocenters. The first-order chi connectivity index (χ1) is 11.6. The minimum absolute atomic E-state index is 0.121. The lowest BCUT2D eigenvalue weighted by Gasteiger charge is -2.30.